The minimum absolute atomic E-state index is 0.0907. The predicted molar refractivity (Wildman–Crippen MR) is 78.9 cm³/mol. The maximum atomic E-state index is 12.3. The van der Waals surface area contributed by atoms with E-state index in [0.717, 1.165) is 12.8 Å². The quantitative estimate of drug-likeness (QED) is 0.777. The molecule has 1 atom stereocenters. The molecule has 1 aromatic rings. The molecule has 7 heteroatoms. The van der Waals surface area contributed by atoms with Gasteiger partial charge in [-0.1, -0.05) is 11.8 Å². The van der Waals surface area contributed by atoms with Crippen molar-refractivity contribution in [1.82, 2.24) is 9.71 Å². The third-order valence-electron chi connectivity index (χ3n) is 3.29. The van der Waals surface area contributed by atoms with E-state index in [1.54, 1.807) is 0 Å². The van der Waals surface area contributed by atoms with E-state index in [-0.39, 0.29) is 18.0 Å². The standard InChI is InChI=1S/C14H19N3O3S/c1-14(5-3-7-20-14)11-17-21(18,19)13-8-12(4-2-6-15)9-16-10-13/h8-10,17H,3,5-7,11,15H2,1H3. The van der Waals surface area contributed by atoms with E-state index in [4.69, 9.17) is 10.5 Å². The molecule has 0 aliphatic carbocycles. The van der Waals surface area contributed by atoms with E-state index in [9.17, 15) is 8.42 Å². The van der Waals surface area contributed by atoms with E-state index < -0.39 is 15.6 Å². The molecule has 1 saturated heterocycles. The number of nitrogens with zero attached hydrogens (tertiary/aromatic N) is 1. The minimum atomic E-state index is -3.62. The van der Waals surface area contributed by atoms with Crippen molar-refractivity contribution in [2.75, 3.05) is 19.7 Å². The highest BCUT2D eigenvalue weighted by Crippen LogP contribution is 2.24. The molecule has 0 radical (unpaired) electrons. The summed E-state index contributed by atoms with van der Waals surface area (Å²) in [4.78, 5) is 4.00. The van der Waals surface area contributed by atoms with Crippen molar-refractivity contribution in [3.63, 3.8) is 0 Å². The highest BCUT2D eigenvalue weighted by Gasteiger charge is 2.31. The molecule has 114 valence electrons. The van der Waals surface area contributed by atoms with Crippen LogP contribution in [0.25, 0.3) is 0 Å². The van der Waals surface area contributed by atoms with E-state index in [0.29, 0.717) is 12.2 Å². The summed E-state index contributed by atoms with van der Waals surface area (Å²) in [6.45, 7) is 3.03. The van der Waals surface area contributed by atoms with Crippen LogP contribution in [0.2, 0.25) is 0 Å². The van der Waals surface area contributed by atoms with Crippen LogP contribution in [0.3, 0.4) is 0 Å². The smallest absolute Gasteiger partial charge is 0.242 e. The first-order valence-electron chi connectivity index (χ1n) is 6.73. The van der Waals surface area contributed by atoms with Gasteiger partial charge in [0.1, 0.15) is 4.90 Å². The fourth-order valence-electron chi connectivity index (χ4n) is 2.09. The molecule has 2 rings (SSSR count). The number of hydrogen-bond acceptors (Lipinski definition) is 5. The Labute approximate surface area is 125 Å². The highest BCUT2D eigenvalue weighted by molar-refractivity contribution is 7.89. The van der Waals surface area contributed by atoms with Crippen LogP contribution in [0.15, 0.2) is 23.4 Å². The Bertz CT molecular complexity index is 656. The summed E-state index contributed by atoms with van der Waals surface area (Å²) in [5, 5.41) is 0. The number of nitrogens with one attached hydrogen (secondary N) is 1. The Hall–Kier alpha value is -1.46. The maximum Gasteiger partial charge on any atom is 0.242 e. The van der Waals surface area contributed by atoms with Gasteiger partial charge in [-0.2, -0.15) is 0 Å². The zero-order valence-electron chi connectivity index (χ0n) is 11.9. The van der Waals surface area contributed by atoms with Gasteiger partial charge in [0.25, 0.3) is 0 Å². The van der Waals surface area contributed by atoms with Gasteiger partial charge in [-0.3, -0.25) is 4.98 Å². The summed E-state index contributed by atoms with van der Waals surface area (Å²) in [6.07, 6.45) is 4.59. The van der Waals surface area contributed by atoms with Gasteiger partial charge in [-0.05, 0) is 25.8 Å². The van der Waals surface area contributed by atoms with Crippen molar-refractivity contribution in [1.29, 1.82) is 0 Å². The van der Waals surface area contributed by atoms with Crippen molar-refractivity contribution in [3.8, 4) is 11.8 Å². The first-order chi connectivity index (χ1) is 9.95. The molecule has 1 fully saturated rings. The molecule has 1 aliphatic heterocycles. The van der Waals surface area contributed by atoms with E-state index in [1.807, 2.05) is 6.92 Å². The lowest BCUT2D eigenvalue weighted by atomic mass is 10.0. The number of hydrogen-bond donors (Lipinski definition) is 2. The molecule has 0 saturated carbocycles. The monoisotopic (exact) mass is 309 g/mol. The van der Waals surface area contributed by atoms with Gasteiger partial charge in [-0.15, -0.1) is 0 Å². The topological polar surface area (TPSA) is 94.3 Å². The second-order valence-electron chi connectivity index (χ2n) is 5.14. The van der Waals surface area contributed by atoms with Crippen molar-refractivity contribution >= 4 is 10.0 Å². The third-order valence-corrected chi connectivity index (χ3v) is 4.66. The maximum absolute atomic E-state index is 12.3. The summed E-state index contributed by atoms with van der Waals surface area (Å²) in [5.74, 6) is 5.44. The number of rotatable bonds is 4. The van der Waals surface area contributed by atoms with Crippen LogP contribution >= 0.6 is 0 Å². The molecule has 6 nitrogen and oxygen atoms in total. The SMILES string of the molecule is CC1(CNS(=O)(=O)c2cncc(C#CCN)c2)CCCO1. The first kappa shape index (κ1) is 15.9. The fraction of sp³-hybridized carbons (Fsp3) is 0.500. The van der Waals surface area contributed by atoms with Gasteiger partial charge in [0, 0.05) is 31.1 Å². The van der Waals surface area contributed by atoms with E-state index >= 15 is 0 Å². The van der Waals surface area contributed by atoms with Crippen molar-refractivity contribution < 1.29 is 13.2 Å². The molecule has 0 aromatic carbocycles. The van der Waals surface area contributed by atoms with Crippen LogP contribution in [-0.4, -0.2) is 38.7 Å². The first-order valence-corrected chi connectivity index (χ1v) is 8.21. The number of sulfonamides is 1. The van der Waals surface area contributed by atoms with Crippen LogP contribution in [0.5, 0.6) is 0 Å². The summed E-state index contributed by atoms with van der Waals surface area (Å²) < 4.78 is 32.7. The Morgan fingerprint density at radius 2 is 2.33 bits per heavy atom. The lowest BCUT2D eigenvalue weighted by Gasteiger charge is -2.23. The van der Waals surface area contributed by atoms with Crippen LogP contribution in [-0.2, 0) is 14.8 Å². The van der Waals surface area contributed by atoms with Crippen LogP contribution in [0.1, 0.15) is 25.3 Å². The minimum Gasteiger partial charge on any atom is -0.374 e. The van der Waals surface area contributed by atoms with Gasteiger partial charge in [0.15, 0.2) is 0 Å². The van der Waals surface area contributed by atoms with Crippen LogP contribution < -0.4 is 10.5 Å². The van der Waals surface area contributed by atoms with Gasteiger partial charge in [0.2, 0.25) is 10.0 Å². The van der Waals surface area contributed by atoms with Gasteiger partial charge < -0.3 is 10.5 Å². The Balaban J connectivity index is 2.12. The lowest BCUT2D eigenvalue weighted by molar-refractivity contribution is 0.0250. The number of aromatic nitrogens is 1. The molecule has 3 N–H and O–H groups in total. The predicted octanol–water partition coefficient (Wildman–Crippen LogP) is 0.239. The van der Waals surface area contributed by atoms with Crippen molar-refractivity contribution in [2.45, 2.75) is 30.3 Å². The van der Waals surface area contributed by atoms with Gasteiger partial charge in [-0.25, -0.2) is 13.1 Å². The average molecular weight is 309 g/mol. The van der Waals surface area contributed by atoms with Crippen molar-refractivity contribution in [2.24, 2.45) is 5.73 Å². The van der Waals surface area contributed by atoms with E-state index in [1.165, 1.54) is 18.5 Å². The van der Waals surface area contributed by atoms with Crippen molar-refractivity contribution in [3.05, 3.63) is 24.0 Å². The number of ether oxygens (including phenoxy) is 1. The zero-order chi connectivity index (χ0) is 15.3. The molecule has 1 aliphatic rings. The fourth-order valence-corrected chi connectivity index (χ4v) is 3.24. The molecule has 0 amide bonds. The Kier molecular flexibility index (Phi) is 4.96. The molecule has 0 bridgehead atoms. The number of nitrogens with two attached hydrogens (primary N) is 1. The number of pyridine rings is 1. The summed E-state index contributed by atoms with van der Waals surface area (Å²) in [5.41, 5.74) is 5.38. The van der Waals surface area contributed by atoms with Gasteiger partial charge >= 0.3 is 0 Å². The normalized spacial score (nSPS) is 21.8. The summed E-state index contributed by atoms with van der Waals surface area (Å²) >= 11 is 0. The molecule has 2 heterocycles. The van der Waals surface area contributed by atoms with Gasteiger partial charge in [0.05, 0.1) is 12.1 Å². The average Bonchev–Trinajstić information content (AvgIpc) is 2.91. The van der Waals surface area contributed by atoms with Crippen LogP contribution in [0.4, 0.5) is 0 Å². The lowest BCUT2D eigenvalue weighted by Crippen LogP contribution is -2.40. The zero-order valence-corrected chi connectivity index (χ0v) is 12.7. The summed E-state index contributed by atoms with van der Waals surface area (Å²) in [6, 6.07) is 1.48. The Morgan fingerprint density at radius 1 is 1.52 bits per heavy atom. The molecule has 21 heavy (non-hydrogen) atoms. The molecule has 1 aromatic heterocycles. The second kappa shape index (κ2) is 6.54. The third kappa shape index (κ3) is 4.25. The largest absolute Gasteiger partial charge is 0.374 e. The molecular formula is C14H19N3O3S. The molecule has 1 unspecified atom stereocenters. The summed E-state index contributed by atoms with van der Waals surface area (Å²) in [7, 11) is -3.62. The van der Waals surface area contributed by atoms with E-state index in [2.05, 4.69) is 21.5 Å². The second-order valence-corrected chi connectivity index (χ2v) is 6.91. The highest BCUT2D eigenvalue weighted by atomic mass is 32.2. The van der Waals surface area contributed by atoms with Crippen LogP contribution in [0, 0.1) is 11.8 Å². The Morgan fingerprint density at radius 3 is 3.00 bits per heavy atom. The molecular weight excluding hydrogens is 290 g/mol. The molecule has 0 spiro atoms.